The number of alkyl halides is 1. The third kappa shape index (κ3) is 3.51. The van der Waals surface area contributed by atoms with E-state index in [9.17, 15) is 14.0 Å². The van der Waals surface area contributed by atoms with Crippen LogP contribution >= 0.6 is 0 Å². The summed E-state index contributed by atoms with van der Waals surface area (Å²) in [4.78, 5) is 20.1. The summed E-state index contributed by atoms with van der Waals surface area (Å²) < 4.78 is 12.5. The molecule has 0 aliphatic heterocycles. The van der Waals surface area contributed by atoms with Crippen molar-refractivity contribution in [2.75, 3.05) is 0 Å². The summed E-state index contributed by atoms with van der Waals surface area (Å²) in [6.45, 7) is 0. The van der Waals surface area contributed by atoms with Crippen LogP contribution in [0.2, 0.25) is 0 Å². The molecule has 0 aromatic heterocycles. The van der Waals surface area contributed by atoms with Crippen molar-refractivity contribution in [1.29, 1.82) is 0 Å². The monoisotopic (exact) mass is 163 g/mol. The van der Waals surface area contributed by atoms with Crippen LogP contribution in [0.5, 0.6) is 0 Å². The van der Waals surface area contributed by atoms with Gasteiger partial charge in [-0.1, -0.05) is 0 Å². The zero-order chi connectivity index (χ0) is 9.02. The van der Waals surface area contributed by atoms with E-state index in [2.05, 4.69) is 5.73 Å². The van der Waals surface area contributed by atoms with Gasteiger partial charge in [-0.3, -0.25) is 9.59 Å². The molecule has 0 radical (unpaired) electrons. The van der Waals surface area contributed by atoms with Gasteiger partial charge in [0.15, 0.2) is 0 Å². The lowest BCUT2D eigenvalue weighted by atomic mass is 10.1. The Morgan fingerprint density at radius 2 is 2.00 bits per heavy atom. The molecular formula is C5H9FN2O3. The summed E-state index contributed by atoms with van der Waals surface area (Å²) in [5.41, 5.74) is 9.43. The summed E-state index contributed by atoms with van der Waals surface area (Å²) in [5.74, 6) is -2.40. The van der Waals surface area contributed by atoms with Gasteiger partial charge in [0.1, 0.15) is 12.2 Å². The standard InChI is InChI=1S/C5H9FN2O3/c6-2(1-3(7)9)4(8)5(10)11/h2,4H,1,8H2,(H2,7,9)(H,10,11)/i6-1. The number of rotatable bonds is 4. The first-order valence-electron chi connectivity index (χ1n) is 2.86. The number of carbonyl (C=O) groups excluding carboxylic acids is 1. The van der Waals surface area contributed by atoms with E-state index in [1.807, 2.05) is 0 Å². The zero-order valence-electron chi connectivity index (χ0n) is 5.66. The second-order valence-electron chi connectivity index (χ2n) is 2.05. The molecule has 0 rings (SSSR count). The maximum atomic E-state index is 12.5. The third-order valence-electron chi connectivity index (χ3n) is 1.07. The van der Waals surface area contributed by atoms with Crippen molar-refractivity contribution in [3.63, 3.8) is 0 Å². The summed E-state index contributed by atoms with van der Waals surface area (Å²) in [7, 11) is 0. The highest BCUT2D eigenvalue weighted by Crippen LogP contribution is 2.01. The van der Waals surface area contributed by atoms with Crippen molar-refractivity contribution in [1.82, 2.24) is 0 Å². The van der Waals surface area contributed by atoms with Crippen LogP contribution in [-0.2, 0) is 9.59 Å². The van der Waals surface area contributed by atoms with Gasteiger partial charge in [-0.2, -0.15) is 0 Å². The number of carbonyl (C=O) groups is 2. The number of hydrogen-bond acceptors (Lipinski definition) is 3. The molecule has 0 saturated carbocycles. The maximum Gasteiger partial charge on any atom is 0.323 e. The minimum absolute atomic E-state index is 0.659. The number of carboxylic acids is 1. The van der Waals surface area contributed by atoms with Gasteiger partial charge >= 0.3 is 5.97 Å². The van der Waals surface area contributed by atoms with Crippen LogP contribution in [0.15, 0.2) is 0 Å². The Morgan fingerprint density at radius 1 is 1.55 bits per heavy atom. The molecule has 0 bridgehead atoms. The number of amides is 1. The largest absolute Gasteiger partial charge is 0.480 e. The molecule has 0 fully saturated rings. The number of primary amides is 1. The van der Waals surface area contributed by atoms with Crippen LogP contribution in [0.1, 0.15) is 6.42 Å². The van der Waals surface area contributed by atoms with E-state index in [0.29, 0.717) is 0 Å². The predicted molar refractivity (Wildman–Crippen MR) is 34.3 cm³/mol. The molecule has 2 unspecified atom stereocenters. The quantitative estimate of drug-likeness (QED) is 0.474. The molecule has 5 nitrogen and oxygen atoms in total. The van der Waals surface area contributed by atoms with Crippen LogP contribution in [0, 0.1) is 0 Å². The van der Waals surface area contributed by atoms with E-state index in [4.69, 9.17) is 10.8 Å². The van der Waals surface area contributed by atoms with E-state index in [1.54, 1.807) is 0 Å². The Balaban J connectivity index is 3.92. The fourth-order valence-electron chi connectivity index (χ4n) is 0.474. The van der Waals surface area contributed by atoms with Crippen LogP contribution in [-0.4, -0.2) is 29.2 Å². The molecule has 0 heterocycles. The fourth-order valence-corrected chi connectivity index (χ4v) is 0.474. The van der Waals surface area contributed by atoms with Crippen molar-refractivity contribution < 1.29 is 19.1 Å². The van der Waals surface area contributed by atoms with Gasteiger partial charge in [0.25, 0.3) is 0 Å². The third-order valence-corrected chi connectivity index (χ3v) is 1.07. The molecule has 5 N–H and O–H groups in total. The van der Waals surface area contributed by atoms with Crippen LogP contribution in [0.4, 0.5) is 4.39 Å². The SMILES string of the molecule is NC(=O)CC([18F])C(N)C(=O)O. The highest BCUT2D eigenvalue weighted by atomic mass is 18.2. The van der Waals surface area contributed by atoms with Gasteiger partial charge < -0.3 is 16.6 Å². The first-order valence-corrected chi connectivity index (χ1v) is 2.86. The highest BCUT2D eigenvalue weighted by Gasteiger charge is 2.24. The molecule has 6 heteroatoms. The Labute approximate surface area is 62.2 Å². The van der Waals surface area contributed by atoms with Gasteiger partial charge in [0.2, 0.25) is 5.91 Å². The Kier molecular flexibility index (Phi) is 3.46. The molecule has 0 aliphatic carbocycles. The average molecular weight is 163 g/mol. The van der Waals surface area contributed by atoms with Gasteiger partial charge in [0, 0.05) is 0 Å². The van der Waals surface area contributed by atoms with Crippen molar-refractivity contribution in [2.24, 2.45) is 11.5 Å². The molecule has 0 aliphatic rings. The highest BCUT2D eigenvalue weighted by molar-refractivity contribution is 5.78. The smallest absolute Gasteiger partial charge is 0.323 e. The second-order valence-corrected chi connectivity index (χ2v) is 2.05. The van der Waals surface area contributed by atoms with Crippen molar-refractivity contribution in [3.8, 4) is 0 Å². The van der Waals surface area contributed by atoms with E-state index in [0.717, 1.165) is 0 Å². The molecule has 64 valence electrons. The maximum absolute atomic E-state index is 12.5. The lowest BCUT2D eigenvalue weighted by Crippen LogP contribution is -2.41. The second kappa shape index (κ2) is 3.87. The predicted octanol–water partition coefficient (Wildman–Crippen LogP) is -1.39. The number of halogens is 1. The molecule has 0 aromatic carbocycles. The molecule has 0 spiro atoms. The molecule has 0 aromatic rings. The van der Waals surface area contributed by atoms with Crippen LogP contribution in [0.25, 0.3) is 0 Å². The van der Waals surface area contributed by atoms with Gasteiger partial charge in [0.05, 0.1) is 6.42 Å². The first kappa shape index (κ1) is 9.83. The van der Waals surface area contributed by atoms with E-state index >= 15 is 0 Å². The molecular weight excluding hydrogens is 154 g/mol. The lowest BCUT2D eigenvalue weighted by Gasteiger charge is -2.09. The van der Waals surface area contributed by atoms with Crippen LogP contribution < -0.4 is 11.5 Å². The Morgan fingerprint density at radius 3 is 2.27 bits per heavy atom. The number of aliphatic carboxylic acids is 1. The van der Waals surface area contributed by atoms with Crippen molar-refractivity contribution in [2.45, 2.75) is 18.6 Å². The average Bonchev–Trinajstić information content (AvgIpc) is 1.84. The van der Waals surface area contributed by atoms with E-state index < -0.39 is 30.5 Å². The Hall–Kier alpha value is -1.17. The molecule has 11 heavy (non-hydrogen) atoms. The topological polar surface area (TPSA) is 106 Å². The first-order chi connectivity index (χ1) is 4.95. The number of carboxylic acid groups (broad SMARTS) is 1. The van der Waals surface area contributed by atoms with Crippen molar-refractivity contribution in [3.05, 3.63) is 0 Å². The minimum Gasteiger partial charge on any atom is -0.480 e. The molecule has 1 amide bonds. The summed E-state index contributed by atoms with van der Waals surface area (Å²) >= 11 is 0. The summed E-state index contributed by atoms with van der Waals surface area (Å²) in [6, 6.07) is -1.68. The van der Waals surface area contributed by atoms with E-state index in [1.165, 1.54) is 0 Å². The minimum atomic E-state index is -1.91. The van der Waals surface area contributed by atoms with E-state index in [-0.39, 0.29) is 0 Å². The zero-order valence-corrected chi connectivity index (χ0v) is 5.66. The molecule has 0 saturated heterocycles. The fraction of sp³-hybridized carbons (Fsp3) is 0.600. The van der Waals surface area contributed by atoms with Gasteiger partial charge in [-0.05, 0) is 0 Å². The summed E-state index contributed by atoms with van der Waals surface area (Å²) in [5, 5.41) is 8.15. The number of nitrogens with two attached hydrogens (primary N) is 2. The number of hydrogen-bond donors (Lipinski definition) is 3. The lowest BCUT2D eigenvalue weighted by molar-refractivity contribution is -0.140. The van der Waals surface area contributed by atoms with Crippen molar-refractivity contribution >= 4 is 11.9 Å². The van der Waals surface area contributed by atoms with Gasteiger partial charge in [-0.25, -0.2) is 4.39 Å². The Bertz CT molecular complexity index is 173. The van der Waals surface area contributed by atoms with Crippen LogP contribution in [0.3, 0.4) is 0 Å². The molecule has 2 atom stereocenters. The summed E-state index contributed by atoms with van der Waals surface area (Å²) in [6.07, 6.45) is -2.57. The van der Waals surface area contributed by atoms with Gasteiger partial charge in [-0.15, -0.1) is 0 Å². The normalized spacial score (nSPS) is 15.5.